The summed E-state index contributed by atoms with van der Waals surface area (Å²) in [5, 5.41) is 36.7. The number of H-pyrrole nitrogens is 1. The Bertz CT molecular complexity index is 474. The van der Waals surface area contributed by atoms with Gasteiger partial charge in [0.05, 0.1) is 5.52 Å². The van der Waals surface area contributed by atoms with Crippen LogP contribution in [0.5, 0.6) is 23.1 Å². The van der Waals surface area contributed by atoms with Gasteiger partial charge in [0.25, 0.3) is 0 Å². The third kappa shape index (κ3) is 0.936. The van der Waals surface area contributed by atoms with Gasteiger partial charge in [-0.1, -0.05) is 0 Å². The zero-order valence-electron chi connectivity index (χ0n) is 6.44. The molecular weight excluding hydrogens is 174 g/mol. The highest BCUT2D eigenvalue weighted by molar-refractivity contribution is 5.91. The standard InChI is InChI=1S/C8H7NO4/c10-5-1-3-4(2-6(5)11)9-8(13)7(3)12/h1-2,9-13H. The van der Waals surface area contributed by atoms with Crippen LogP contribution in [0.2, 0.25) is 0 Å². The van der Waals surface area contributed by atoms with Crippen molar-refractivity contribution in [2.45, 2.75) is 0 Å². The molecule has 2 rings (SSSR count). The molecule has 5 nitrogen and oxygen atoms in total. The maximum Gasteiger partial charge on any atom is 0.233 e. The first-order chi connectivity index (χ1) is 6.09. The van der Waals surface area contributed by atoms with Crippen molar-refractivity contribution in [2.75, 3.05) is 0 Å². The number of aromatic hydroxyl groups is 4. The lowest BCUT2D eigenvalue weighted by Gasteiger charge is -1.96. The first-order valence-electron chi connectivity index (χ1n) is 3.55. The molecule has 0 aliphatic heterocycles. The fourth-order valence-electron chi connectivity index (χ4n) is 1.19. The summed E-state index contributed by atoms with van der Waals surface area (Å²) in [5.41, 5.74) is 0.352. The minimum atomic E-state index is -0.389. The average molecular weight is 181 g/mol. The Morgan fingerprint density at radius 3 is 2.23 bits per heavy atom. The van der Waals surface area contributed by atoms with Crippen LogP contribution < -0.4 is 0 Å². The molecule has 5 N–H and O–H groups in total. The van der Waals surface area contributed by atoms with E-state index in [9.17, 15) is 5.11 Å². The first-order valence-corrected chi connectivity index (χ1v) is 3.55. The summed E-state index contributed by atoms with van der Waals surface area (Å²) in [5.74, 6) is -1.39. The smallest absolute Gasteiger partial charge is 0.233 e. The molecule has 0 saturated carbocycles. The highest BCUT2D eigenvalue weighted by atomic mass is 16.3. The van der Waals surface area contributed by atoms with Crippen LogP contribution in [0.15, 0.2) is 12.1 Å². The molecule has 13 heavy (non-hydrogen) atoms. The molecule has 68 valence electrons. The van der Waals surface area contributed by atoms with E-state index in [2.05, 4.69) is 4.98 Å². The fourth-order valence-corrected chi connectivity index (χ4v) is 1.19. The van der Waals surface area contributed by atoms with Gasteiger partial charge in [-0.2, -0.15) is 0 Å². The zero-order chi connectivity index (χ0) is 9.59. The fraction of sp³-hybridized carbons (Fsp3) is 0. The van der Waals surface area contributed by atoms with Gasteiger partial charge in [0.1, 0.15) is 0 Å². The number of benzene rings is 1. The van der Waals surface area contributed by atoms with Crippen molar-refractivity contribution in [2.24, 2.45) is 0 Å². The topological polar surface area (TPSA) is 96.7 Å². The molecule has 0 unspecified atom stereocenters. The highest BCUT2D eigenvalue weighted by Gasteiger charge is 2.11. The minimum Gasteiger partial charge on any atom is -0.504 e. The van der Waals surface area contributed by atoms with E-state index in [-0.39, 0.29) is 28.5 Å². The summed E-state index contributed by atoms with van der Waals surface area (Å²) in [6.07, 6.45) is 0. The maximum absolute atomic E-state index is 9.24. The van der Waals surface area contributed by atoms with Crippen molar-refractivity contribution in [3.05, 3.63) is 12.1 Å². The molecule has 0 radical (unpaired) electrons. The summed E-state index contributed by atoms with van der Waals surface area (Å²) < 4.78 is 0. The highest BCUT2D eigenvalue weighted by Crippen LogP contribution is 2.38. The quantitative estimate of drug-likeness (QED) is 0.391. The number of phenols is 2. The van der Waals surface area contributed by atoms with Crippen LogP contribution in [0.1, 0.15) is 0 Å². The molecule has 1 heterocycles. The van der Waals surface area contributed by atoms with E-state index in [1.165, 1.54) is 6.07 Å². The van der Waals surface area contributed by atoms with Crippen LogP contribution in [-0.2, 0) is 0 Å². The predicted molar refractivity (Wildman–Crippen MR) is 45.0 cm³/mol. The Morgan fingerprint density at radius 1 is 0.923 bits per heavy atom. The minimum absolute atomic E-state index is 0.257. The van der Waals surface area contributed by atoms with E-state index in [1.54, 1.807) is 0 Å². The predicted octanol–water partition coefficient (Wildman–Crippen LogP) is 0.990. The van der Waals surface area contributed by atoms with Crippen LogP contribution in [0.25, 0.3) is 10.9 Å². The molecule has 1 aromatic heterocycles. The van der Waals surface area contributed by atoms with Crippen LogP contribution >= 0.6 is 0 Å². The second-order valence-corrected chi connectivity index (χ2v) is 2.71. The lowest BCUT2D eigenvalue weighted by molar-refractivity contribution is 0.398. The van der Waals surface area contributed by atoms with Gasteiger partial charge in [-0.05, 0) is 6.07 Å². The maximum atomic E-state index is 9.24. The van der Waals surface area contributed by atoms with Gasteiger partial charge in [-0.15, -0.1) is 0 Å². The molecule has 2 aromatic rings. The molecule has 0 bridgehead atoms. The van der Waals surface area contributed by atoms with Gasteiger partial charge in [0.2, 0.25) is 5.88 Å². The van der Waals surface area contributed by atoms with Gasteiger partial charge in [0, 0.05) is 11.5 Å². The largest absolute Gasteiger partial charge is 0.504 e. The molecule has 0 fully saturated rings. The van der Waals surface area contributed by atoms with Gasteiger partial charge >= 0.3 is 0 Å². The Morgan fingerprint density at radius 2 is 1.54 bits per heavy atom. The second kappa shape index (κ2) is 2.22. The molecule has 0 amide bonds. The Hall–Kier alpha value is -2.04. The van der Waals surface area contributed by atoms with E-state index in [0.717, 1.165) is 6.07 Å². The number of hydrogen-bond donors (Lipinski definition) is 5. The van der Waals surface area contributed by atoms with Crippen LogP contribution in [0.3, 0.4) is 0 Å². The summed E-state index contributed by atoms with van der Waals surface area (Å²) in [6, 6.07) is 2.38. The summed E-state index contributed by atoms with van der Waals surface area (Å²) >= 11 is 0. The number of hydrogen-bond acceptors (Lipinski definition) is 4. The van der Waals surface area contributed by atoms with Gasteiger partial charge in [-0.25, -0.2) is 0 Å². The Kier molecular flexibility index (Phi) is 1.30. The van der Waals surface area contributed by atoms with E-state index in [1.807, 2.05) is 0 Å². The number of phenolic OH excluding ortho intramolecular Hbond substituents is 2. The molecule has 0 aliphatic rings. The molecule has 0 aliphatic carbocycles. The van der Waals surface area contributed by atoms with Crippen LogP contribution in [0, 0.1) is 0 Å². The van der Waals surface area contributed by atoms with Crippen LogP contribution in [-0.4, -0.2) is 25.4 Å². The number of fused-ring (bicyclic) bond motifs is 1. The molecule has 5 heteroatoms. The summed E-state index contributed by atoms with van der Waals surface area (Å²) in [4.78, 5) is 2.43. The lowest BCUT2D eigenvalue weighted by Crippen LogP contribution is -1.70. The van der Waals surface area contributed by atoms with E-state index >= 15 is 0 Å². The average Bonchev–Trinajstić information content (AvgIpc) is 2.32. The van der Waals surface area contributed by atoms with Gasteiger partial charge in [-0.3, -0.25) is 0 Å². The number of nitrogens with one attached hydrogen (secondary N) is 1. The number of rotatable bonds is 0. The SMILES string of the molecule is Oc1cc2[nH]c(O)c(O)c2cc1O. The Balaban J connectivity index is 2.89. The second-order valence-electron chi connectivity index (χ2n) is 2.71. The Labute approximate surface area is 72.5 Å². The van der Waals surface area contributed by atoms with Crippen molar-refractivity contribution in [1.29, 1.82) is 0 Å². The van der Waals surface area contributed by atoms with Gasteiger partial charge in [0.15, 0.2) is 17.2 Å². The molecule has 0 atom stereocenters. The normalized spacial score (nSPS) is 10.8. The van der Waals surface area contributed by atoms with Crippen molar-refractivity contribution in [3.63, 3.8) is 0 Å². The number of aromatic nitrogens is 1. The van der Waals surface area contributed by atoms with Crippen molar-refractivity contribution in [1.82, 2.24) is 4.98 Å². The molecular formula is C8H7NO4. The van der Waals surface area contributed by atoms with E-state index in [0.29, 0.717) is 5.52 Å². The zero-order valence-corrected chi connectivity index (χ0v) is 6.44. The third-order valence-corrected chi connectivity index (χ3v) is 1.85. The lowest BCUT2D eigenvalue weighted by atomic mass is 10.2. The monoisotopic (exact) mass is 181 g/mol. The van der Waals surface area contributed by atoms with Crippen LogP contribution in [0.4, 0.5) is 0 Å². The van der Waals surface area contributed by atoms with Crippen molar-refractivity contribution >= 4 is 10.9 Å². The summed E-state index contributed by atoms with van der Waals surface area (Å²) in [7, 11) is 0. The van der Waals surface area contributed by atoms with E-state index < -0.39 is 0 Å². The van der Waals surface area contributed by atoms with Crippen molar-refractivity contribution in [3.8, 4) is 23.1 Å². The summed E-state index contributed by atoms with van der Waals surface area (Å²) in [6.45, 7) is 0. The van der Waals surface area contributed by atoms with Gasteiger partial charge < -0.3 is 25.4 Å². The molecule has 0 saturated heterocycles. The molecule has 0 spiro atoms. The molecule has 1 aromatic carbocycles. The number of aromatic amines is 1. The first kappa shape index (κ1) is 7.60. The van der Waals surface area contributed by atoms with Crippen molar-refractivity contribution < 1.29 is 20.4 Å². The third-order valence-electron chi connectivity index (χ3n) is 1.85. The van der Waals surface area contributed by atoms with E-state index in [4.69, 9.17) is 15.3 Å².